The molecule has 0 bridgehead atoms. The van der Waals surface area contributed by atoms with E-state index in [9.17, 15) is 0 Å². The summed E-state index contributed by atoms with van der Waals surface area (Å²) in [7, 11) is 0. The van der Waals surface area contributed by atoms with Gasteiger partial charge in [-0.2, -0.15) is 0 Å². The molecule has 0 saturated heterocycles. The Kier molecular flexibility index (Phi) is 4.70. The summed E-state index contributed by atoms with van der Waals surface area (Å²) in [5, 5.41) is 1.91. The quantitative estimate of drug-likeness (QED) is 0.395. The van der Waals surface area contributed by atoms with Gasteiger partial charge in [-0.05, 0) is 64.0 Å². The van der Waals surface area contributed by atoms with Crippen molar-refractivity contribution in [2.75, 3.05) is 11.6 Å². The minimum atomic E-state index is 0.499. The number of para-hydroxylation sites is 2. The van der Waals surface area contributed by atoms with Crippen LogP contribution in [0, 0.1) is 0 Å². The summed E-state index contributed by atoms with van der Waals surface area (Å²) >= 11 is 3.58. The maximum Gasteiger partial charge on any atom is 0.131 e. The molecule has 0 N–H and O–H groups in total. The van der Waals surface area contributed by atoms with Crippen LogP contribution in [0.4, 0.5) is 17.1 Å². The number of benzene rings is 4. The third-order valence-electron chi connectivity index (χ3n) is 5.02. The molecule has 1 aliphatic heterocycles. The molecular weight excluding hydrogens is 422 g/mol. The van der Waals surface area contributed by atoms with Gasteiger partial charge in [0.25, 0.3) is 0 Å². The van der Waals surface area contributed by atoms with Crippen LogP contribution in [0.25, 0.3) is 11.1 Å². The maximum atomic E-state index is 4.58. The van der Waals surface area contributed by atoms with E-state index in [1.54, 1.807) is 0 Å². The van der Waals surface area contributed by atoms with Crippen LogP contribution in [0.2, 0.25) is 0 Å². The van der Waals surface area contributed by atoms with Gasteiger partial charge in [-0.15, -0.1) is 0 Å². The van der Waals surface area contributed by atoms with Crippen LogP contribution in [0.3, 0.4) is 0 Å². The normalized spacial score (nSPS) is 12.0. The van der Waals surface area contributed by atoms with Crippen LogP contribution in [-0.4, -0.2) is 6.67 Å². The van der Waals surface area contributed by atoms with Crippen molar-refractivity contribution in [3.05, 3.63) is 112 Å². The van der Waals surface area contributed by atoms with Gasteiger partial charge in [0.15, 0.2) is 0 Å². The van der Waals surface area contributed by atoms with Gasteiger partial charge in [-0.3, -0.25) is 9.98 Å². The maximum absolute atomic E-state index is 4.58. The van der Waals surface area contributed by atoms with Crippen LogP contribution in [0.15, 0.2) is 112 Å². The van der Waals surface area contributed by atoms with Crippen molar-refractivity contribution in [3.8, 4) is 11.1 Å². The van der Waals surface area contributed by atoms with Crippen molar-refractivity contribution in [2.24, 2.45) is 9.98 Å². The summed E-state index contributed by atoms with van der Waals surface area (Å²) in [5.74, 6) is 0. The molecule has 140 valence electrons. The summed E-state index contributed by atoms with van der Waals surface area (Å²) in [4.78, 5) is 11.3. The molecule has 0 aromatic heterocycles. The highest BCUT2D eigenvalue weighted by Gasteiger charge is 2.13. The average molecular weight is 440 g/mol. The first kappa shape index (κ1) is 17.8. The summed E-state index contributed by atoms with van der Waals surface area (Å²) in [6.45, 7) is 0.499. The van der Waals surface area contributed by atoms with E-state index in [1.165, 1.54) is 0 Å². The van der Waals surface area contributed by atoms with Gasteiger partial charge in [-0.25, -0.2) is 0 Å². The Morgan fingerprint density at radius 3 is 1.76 bits per heavy atom. The highest BCUT2D eigenvalue weighted by atomic mass is 79.9. The minimum Gasteiger partial charge on any atom is -0.311 e. The molecule has 29 heavy (non-hydrogen) atoms. The smallest absolute Gasteiger partial charge is 0.131 e. The molecule has 0 unspecified atom stereocenters. The Balaban J connectivity index is 1.59. The van der Waals surface area contributed by atoms with E-state index in [0.29, 0.717) is 6.67 Å². The zero-order chi connectivity index (χ0) is 19.6. The van der Waals surface area contributed by atoms with E-state index in [0.717, 1.165) is 43.4 Å². The van der Waals surface area contributed by atoms with Crippen LogP contribution < -0.4 is 15.6 Å². The first-order valence-electron chi connectivity index (χ1n) is 9.49. The molecule has 0 spiro atoms. The Labute approximate surface area is 177 Å². The van der Waals surface area contributed by atoms with Gasteiger partial charge in [-0.1, -0.05) is 54.6 Å². The second kappa shape index (κ2) is 7.64. The molecule has 5 rings (SSSR count). The first-order valence-corrected chi connectivity index (χ1v) is 10.3. The fourth-order valence-electron chi connectivity index (χ4n) is 3.67. The SMILES string of the molecule is Brc1ccc(-c2ccc(N(c3ccccc3)c3ccccc3)cc2)c2c1=NCN=2. The fourth-order valence-corrected chi connectivity index (χ4v) is 4.11. The van der Waals surface area contributed by atoms with Crippen molar-refractivity contribution in [3.63, 3.8) is 0 Å². The Hall–Kier alpha value is -3.24. The molecule has 0 fully saturated rings. The molecule has 4 heteroatoms. The molecule has 0 radical (unpaired) electrons. The van der Waals surface area contributed by atoms with Crippen LogP contribution in [-0.2, 0) is 0 Å². The van der Waals surface area contributed by atoms with Crippen molar-refractivity contribution < 1.29 is 0 Å². The fraction of sp³-hybridized carbons (Fsp3) is 0.0400. The highest BCUT2D eigenvalue weighted by molar-refractivity contribution is 9.10. The van der Waals surface area contributed by atoms with Crippen LogP contribution in [0.5, 0.6) is 0 Å². The largest absolute Gasteiger partial charge is 0.311 e. The van der Waals surface area contributed by atoms with Crippen LogP contribution >= 0.6 is 15.9 Å². The van der Waals surface area contributed by atoms with E-state index in [2.05, 4.69) is 110 Å². The molecular formula is C25H18BrN3. The number of anilines is 3. The van der Waals surface area contributed by atoms with Crippen LogP contribution in [0.1, 0.15) is 0 Å². The van der Waals surface area contributed by atoms with Crippen molar-refractivity contribution >= 4 is 33.0 Å². The van der Waals surface area contributed by atoms with Gasteiger partial charge in [0.2, 0.25) is 0 Å². The van der Waals surface area contributed by atoms with Gasteiger partial charge in [0, 0.05) is 27.1 Å². The number of fused-ring (bicyclic) bond motifs is 1. The van der Waals surface area contributed by atoms with E-state index < -0.39 is 0 Å². The molecule has 0 saturated carbocycles. The van der Waals surface area contributed by atoms with E-state index in [4.69, 9.17) is 0 Å². The van der Waals surface area contributed by atoms with Gasteiger partial charge in [0.1, 0.15) is 6.67 Å². The summed E-state index contributed by atoms with van der Waals surface area (Å²) in [5.41, 5.74) is 5.62. The Morgan fingerprint density at radius 1 is 0.586 bits per heavy atom. The average Bonchev–Trinajstić information content (AvgIpc) is 3.28. The molecule has 4 aromatic carbocycles. The van der Waals surface area contributed by atoms with E-state index in [-0.39, 0.29) is 0 Å². The predicted octanol–water partition coefficient (Wildman–Crippen LogP) is 5.80. The Bertz CT molecular complexity index is 1230. The number of hydrogen-bond donors (Lipinski definition) is 0. The van der Waals surface area contributed by atoms with Crippen molar-refractivity contribution in [1.82, 2.24) is 0 Å². The lowest BCUT2D eigenvalue weighted by molar-refractivity contribution is 1.06. The number of nitrogens with zero attached hydrogens (tertiary/aromatic N) is 3. The lowest BCUT2D eigenvalue weighted by atomic mass is 10.0. The highest BCUT2D eigenvalue weighted by Crippen LogP contribution is 2.34. The monoisotopic (exact) mass is 439 g/mol. The standard InChI is InChI=1S/C25H18BrN3/c26-23-16-15-22(24-25(23)28-17-27-24)18-11-13-21(14-12-18)29(19-7-3-1-4-8-19)20-9-5-2-6-10-20/h1-16H,17H2. The number of halogens is 1. The predicted molar refractivity (Wildman–Crippen MR) is 121 cm³/mol. The lowest BCUT2D eigenvalue weighted by Gasteiger charge is -2.25. The second-order valence-electron chi connectivity index (χ2n) is 6.80. The summed E-state index contributed by atoms with van der Waals surface area (Å²) in [6.07, 6.45) is 0. The van der Waals surface area contributed by atoms with Gasteiger partial charge >= 0.3 is 0 Å². The van der Waals surface area contributed by atoms with Crippen molar-refractivity contribution in [1.29, 1.82) is 0 Å². The van der Waals surface area contributed by atoms with Gasteiger partial charge in [0.05, 0.1) is 10.7 Å². The van der Waals surface area contributed by atoms with E-state index in [1.807, 2.05) is 18.2 Å². The zero-order valence-corrected chi connectivity index (χ0v) is 17.3. The van der Waals surface area contributed by atoms with E-state index >= 15 is 0 Å². The zero-order valence-electron chi connectivity index (χ0n) is 15.7. The topological polar surface area (TPSA) is 28.0 Å². The number of rotatable bonds is 4. The molecule has 4 aromatic rings. The molecule has 1 heterocycles. The number of hydrogen-bond acceptors (Lipinski definition) is 3. The summed E-state index contributed by atoms with van der Waals surface area (Å²) in [6, 6.07) is 33.6. The Morgan fingerprint density at radius 2 is 1.14 bits per heavy atom. The summed E-state index contributed by atoms with van der Waals surface area (Å²) < 4.78 is 0.994. The third kappa shape index (κ3) is 3.36. The second-order valence-corrected chi connectivity index (χ2v) is 7.66. The minimum absolute atomic E-state index is 0.499. The van der Waals surface area contributed by atoms with Crippen molar-refractivity contribution in [2.45, 2.75) is 0 Å². The lowest BCUT2D eigenvalue weighted by Crippen LogP contribution is -2.25. The molecule has 3 nitrogen and oxygen atoms in total. The molecule has 1 aliphatic rings. The first-order chi connectivity index (χ1) is 14.3. The third-order valence-corrected chi connectivity index (χ3v) is 5.66. The molecule has 0 amide bonds. The molecule has 0 aliphatic carbocycles. The molecule has 0 atom stereocenters. The van der Waals surface area contributed by atoms with Gasteiger partial charge < -0.3 is 4.90 Å².